The highest BCUT2D eigenvalue weighted by Gasteiger charge is 2.22. The molecule has 0 N–H and O–H groups in total. The number of hydrogen-bond donors (Lipinski definition) is 0. The molecule has 0 amide bonds. The van der Waals surface area contributed by atoms with E-state index in [9.17, 15) is 9.18 Å². The van der Waals surface area contributed by atoms with Gasteiger partial charge in [-0.3, -0.25) is 9.36 Å². The van der Waals surface area contributed by atoms with E-state index in [4.69, 9.17) is 5.26 Å². The molecule has 27 heavy (non-hydrogen) atoms. The van der Waals surface area contributed by atoms with Crippen LogP contribution in [-0.4, -0.2) is 19.9 Å². The molecule has 1 aliphatic heterocycles. The van der Waals surface area contributed by atoms with Crippen LogP contribution >= 0.6 is 11.8 Å². The summed E-state index contributed by atoms with van der Waals surface area (Å²) in [6, 6.07) is 13.9. The Labute approximate surface area is 157 Å². The van der Waals surface area contributed by atoms with Crippen LogP contribution in [0.15, 0.2) is 52.4 Å². The summed E-state index contributed by atoms with van der Waals surface area (Å²) < 4.78 is 17.5. The summed E-state index contributed by atoms with van der Waals surface area (Å²) in [5.41, 5.74) is 3.12. The number of aromatic nitrogens is 3. The molecule has 0 saturated heterocycles. The standard InChI is InChI=1S/C20H13FN4OS/c21-14-4-5-16-15(9-14)17-18(19(26)24-6-7-27-20(24)23-17)25(16)11-13-3-1-2-12(8-13)10-22/h1-5,8-9H,6-7,11H2. The van der Waals surface area contributed by atoms with Gasteiger partial charge in [0, 0.05) is 24.2 Å². The van der Waals surface area contributed by atoms with E-state index in [1.54, 1.807) is 34.5 Å². The van der Waals surface area contributed by atoms with Gasteiger partial charge in [-0.1, -0.05) is 23.9 Å². The summed E-state index contributed by atoms with van der Waals surface area (Å²) in [6.45, 7) is 1.03. The first-order valence-electron chi connectivity index (χ1n) is 8.50. The Hall–Kier alpha value is -3.11. The van der Waals surface area contributed by atoms with Gasteiger partial charge in [-0.05, 0) is 35.9 Å². The van der Waals surface area contributed by atoms with Gasteiger partial charge >= 0.3 is 0 Å². The third-order valence-electron chi connectivity index (χ3n) is 4.83. The van der Waals surface area contributed by atoms with Gasteiger partial charge in [0.2, 0.25) is 0 Å². The maximum absolute atomic E-state index is 13.9. The van der Waals surface area contributed by atoms with Crippen molar-refractivity contribution < 1.29 is 4.39 Å². The third-order valence-corrected chi connectivity index (χ3v) is 5.78. The predicted molar refractivity (Wildman–Crippen MR) is 102 cm³/mol. The normalized spacial score (nSPS) is 13.2. The highest BCUT2D eigenvalue weighted by atomic mass is 32.2. The third kappa shape index (κ3) is 2.45. The number of rotatable bonds is 2. The molecule has 0 saturated carbocycles. The van der Waals surface area contributed by atoms with Gasteiger partial charge in [-0.25, -0.2) is 9.37 Å². The molecule has 132 valence electrons. The van der Waals surface area contributed by atoms with Crippen molar-refractivity contribution in [2.45, 2.75) is 18.2 Å². The zero-order valence-electron chi connectivity index (χ0n) is 14.1. The first-order valence-corrected chi connectivity index (χ1v) is 9.48. The average Bonchev–Trinajstić information content (AvgIpc) is 3.26. The number of nitrogens with zero attached hydrogens (tertiary/aromatic N) is 4. The average molecular weight is 376 g/mol. The van der Waals surface area contributed by atoms with Crippen LogP contribution in [0.1, 0.15) is 11.1 Å². The molecule has 0 radical (unpaired) electrons. The van der Waals surface area contributed by atoms with Crippen LogP contribution in [0.3, 0.4) is 0 Å². The van der Waals surface area contributed by atoms with Crippen LogP contribution in [0, 0.1) is 17.1 Å². The fourth-order valence-electron chi connectivity index (χ4n) is 3.63. The summed E-state index contributed by atoms with van der Waals surface area (Å²) in [5.74, 6) is 0.453. The summed E-state index contributed by atoms with van der Waals surface area (Å²) in [4.78, 5) is 17.8. The highest BCUT2D eigenvalue weighted by Crippen LogP contribution is 2.31. The molecule has 5 rings (SSSR count). The molecule has 0 unspecified atom stereocenters. The maximum Gasteiger partial charge on any atom is 0.278 e. The molecule has 7 heteroatoms. The summed E-state index contributed by atoms with van der Waals surface area (Å²) >= 11 is 1.54. The summed E-state index contributed by atoms with van der Waals surface area (Å²) in [6.07, 6.45) is 0. The van der Waals surface area contributed by atoms with Gasteiger partial charge in [0.15, 0.2) is 5.16 Å². The maximum atomic E-state index is 13.9. The molecule has 4 aromatic rings. The van der Waals surface area contributed by atoms with E-state index in [1.807, 2.05) is 16.7 Å². The van der Waals surface area contributed by atoms with Crippen LogP contribution in [0.4, 0.5) is 4.39 Å². The van der Waals surface area contributed by atoms with Crippen LogP contribution < -0.4 is 5.56 Å². The lowest BCUT2D eigenvalue weighted by Gasteiger charge is -2.09. The minimum Gasteiger partial charge on any atom is -0.330 e. The number of fused-ring (bicyclic) bond motifs is 4. The second-order valence-corrected chi connectivity index (χ2v) is 7.52. The summed E-state index contributed by atoms with van der Waals surface area (Å²) in [5, 5.41) is 10.5. The molecule has 0 atom stereocenters. The lowest BCUT2D eigenvalue weighted by molar-refractivity contribution is 0.629. The van der Waals surface area contributed by atoms with E-state index in [-0.39, 0.29) is 11.4 Å². The Balaban J connectivity index is 1.84. The van der Waals surface area contributed by atoms with Crippen molar-refractivity contribution in [1.82, 2.24) is 14.1 Å². The molecule has 3 heterocycles. The monoisotopic (exact) mass is 376 g/mol. The largest absolute Gasteiger partial charge is 0.330 e. The number of benzene rings is 2. The van der Waals surface area contributed by atoms with Crippen molar-refractivity contribution in [3.63, 3.8) is 0 Å². The number of halogens is 1. The Kier molecular flexibility index (Phi) is 3.55. The lowest BCUT2D eigenvalue weighted by Crippen LogP contribution is -2.22. The van der Waals surface area contributed by atoms with E-state index < -0.39 is 0 Å². The van der Waals surface area contributed by atoms with E-state index in [2.05, 4.69) is 11.1 Å². The molecule has 1 aliphatic rings. The Morgan fingerprint density at radius 2 is 2.15 bits per heavy atom. The van der Waals surface area contributed by atoms with Gasteiger partial charge in [0.1, 0.15) is 16.9 Å². The van der Waals surface area contributed by atoms with E-state index in [0.29, 0.717) is 40.2 Å². The zero-order chi connectivity index (χ0) is 18.5. The van der Waals surface area contributed by atoms with E-state index >= 15 is 0 Å². The minimum atomic E-state index is -0.358. The number of thioether (sulfide) groups is 1. The molecule has 2 aromatic heterocycles. The van der Waals surface area contributed by atoms with Crippen LogP contribution in [0.2, 0.25) is 0 Å². The van der Waals surface area contributed by atoms with Crippen molar-refractivity contribution in [3.05, 3.63) is 69.8 Å². The molecule has 0 bridgehead atoms. The van der Waals surface area contributed by atoms with Gasteiger partial charge in [-0.2, -0.15) is 5.26 Å². The van der Waals surface area contributed by atoms with Crippen LogP contribution in [-0.2, 0) is 13.1 Å². The number of nitriles is 1. The SMILES string of the molecule is N#Cc1cccc(Cn2c3ccc(F)cc3c3nc4n(c(=O)c32)CCS4)c1. The Morgan fingerprint density at radius 3 is 3.00 bits per heavy atom. The Bertz CT molecular complexity index is 1330. The summed E-state index contributed by atoms with van der Waals surface area (Å²) in [7, 11) is 0. The van der Waals surface area contributed by atoms with Gasteiger partial charge in [0.05, 0.1) is 17.1 Å². The number of hydrogen-bond acceptors (Lipinski definition) is 4. The quantitative estimate of drug-likeness (QED) is 0.502. The minimum absolute atomic E-state index is 0.104. The predicted octanol–water partition coefficient (Wildman–Crippen LogP) is 3.52. The van der Waals surface area contributed by atoms with Gasteiger partial charge in [0.25, 0.3) is 5.56 Å². The van der Waals surface area contributed by atoms with E-state index in [0.717, 1.165) is 16.8 Å². The van der Waals surface area contributed by atoms with Crippen molar-refractivity contribution in [3.8, 4) is 6.07 Å². The van der Waals surface area contributed by atoms with Crippen molar-refractivity contribution in [1.29, 1.82) is 5.26 Å². The lowest BCUT2D eigenvalue weighted by atomic mass is 10.1. The second-order valence-electron chi connectivity index (χ2n) is 6.46. The van der Waals surface area contributed by atoms with Gasteiger partial charge in [-0.15, -0.1) is 0 Å². The fourth-order valence-corrected chi connectivity index (χ4v) is 4.57. The topological polar surface area (TPSA) is 63.6 Å². The molecule has 0 aliphatic carbocycles. The molecular weight excluding hydrogens is 363 g/mol. The van der Waals surface area contributed by atoms with E-state index in [1.165, 1.54) is 12.1 Å². The molecule has 5 nitrogen and oxygen atoms in total. The first kappa shape index (κ1) is 16.1. The molecule has 2 aromatic carbocycles. The van der Waals surface area contributed by atoms with Gasteiger partial charge < -0.3 is 4.57 Å². The second kappa shape index (κ2) is 5.96. The zero-order valence-corrected chi connectivity index (χ0v) is 15.0. The molecule has 0 spiro atoms. The highest BCUT2D eigenvalue weighted by molar-refractivity contribution is 7.99. The fraction of sp³-hybridized carbons (Fsp3) is 0.150. The van der Waals surface area contributed by atoms with Crippen molar-refractivity contribution in [2.75, 3.05) is 5.75 Å². The van der Waals surface area contributed by atoms with Crippen LogP contribution in [0.25, 0.3) is 21.9 Å². The van der Waals surface area contributed by atoms with Crippen molar-refractivity contribution in [2.24, 2.45) is 0 Å². The van der Waals surface area contributed by atoms with Crippen molar-refractivity contribution >= 4 is 33.7 Å². The van der Waals surface area contributed by atoms with Crippen LogP contribution in [0.5, 0.6) is 0 Å². The molecular formula is C20H13FN4OS. The Morgan fingerprint density at radius 1 is 1.26 bits per heavy atom. The molecule has 0 fully saturated rings. The smallest absolute Gasteiger partial charge is 0.278 e. The first-order chi connectivity index (χ1) is 13.2.